The predicted octanol–water partition coefficient (Wildman–Crippen LogP) is 2.67. The van der Waals surface area contributed by atoms with E-state index in [4.69, 9.17) is 0 Å². The lowest BCUT2D eigenvalue weighted by molar-refractivity contribution is -0.156. The van der Waals surface area contributed by atoms with Gasteiger partial charge in [0.05, 0.1) is 11.5 Å². The van der Waals surface area contributed by atoms with Crippen molar-refractivity contribution in [2.75, 3.05) is 0 Å². The topological polar surface area (TPSA) is 57.5 Å². The first-order chi connectivity index (χ1) is 7.23. The Labute approximate surface area is 97.9 Å². The van der Waals surface area contributed by atoms with Gasteiger partial charge in [0.15, 0.2) is 0 Å². The van der Waals surface area contributed by atoms with Crippen LogP contribution in [0.1, 0.15) is 53.4 Å². The second kappa shape index (κ2) is 4.36. The van der Waals surface area contributed by atoms with Gasteiger partial charge >= 0.3 is 5.97 Å². The number of carboxylic acids is 1. The molecule has 0 heterocycles. The Hall–Kier alpha value is -0.570. The van der Waals surface area contributed by atoms with Gasteiger partial charge in [-0.3, -0.25) is 4.79 Å². The van der Waals surface area contributed by atoms with Crippen LogP contribution in [-0.4, -0.2) is 21.8 Å². The molecule has 3 nitrogen and oxygen atoms in total. The fourth-order valence-electron chi connectivity index (χ4n) is 3.36. The molecule has 3 heteroatoms. The third-order valence-corrected chi connectivity index (χ3v) is 3.95. The van der Waals surface area contributed by atoms with Crippen LogP contribution < -0.4 is 0 Å². The third kappa shape index (κ3) is 2.40. The summed E-state index contributed by atoms with van der Waals surface area (Å²) >= 11 is 0. The number of hydrogen-bond acceptors (Lipinski definition) is 2. The molecule has 1 fully saturated rings. The van der Waals surface area contributed by atoms with Gasteiger partial charge in [-0.2, -0.15) is 0 Å². The minimum atomic E-state index is -1.02. The zero-order valence-corrected chi connectivity index (χ0v) is 10.8. The molecule has 0 saturated heterocycles. The van der Waals surface area contributed by atoms with Crippen molar-refractivity contribution in [1.82, 2.24) is 0 Å². The molecule has 0 bridgehead atoms. The van der Waals surface area contributed by atoms with Gasteiger partial charge in [-0.15, -0.1) is 0 Å². The summed E-state index contributed by atoms with van der Waals surface area (Å²) in [6.45, 7) is 8.14. The van der Waals surface area contributed by atoms with Crippen LogP contribution in [0.3, 0.4) is 0 Å². The number of rotatable bonds is 4. The minimum absolute atomic E-state index is 0.0512. The summed E-state index contributed by atoms with van der Waals surface area (Å²) in [7, 11) is 0. The van der Waals surface area contributed by atoms with Crippen molar-refractivity contribution >= 4 is 5.97 Å². The van der Waals surface area contributed by atoms with E-state index in [0.29, 0.717) is 12.8 Å². The van der Waals surface area contributed by atoms with E-state index in [9.17, 15) is 15.0 Å². The summed E-state index contributed by atoms with van der Waals surface area (Å²) in [6, 6.07) is 0. The Balaban J connectivity index is 2.94. The highest BCUT2D eigenvalue weighted by Crippen LogP contribution is 2.51. The molecule has 0 aliphatic heterocycles. The van der Waals surface area contributed by atoms with Gasteiger partial charge in [0.25, 0.3) is 0 Å². The molecule has 1 saturated carbocycles. The molecule has 94 valence electrons. The lowest BCUT2D eigenvalue weighted by atomic mass is 9.76. The average molecular weight is 228 g/mol. The average Bonchev–Trinajstić information content (AvgIpc) is 2.31. The maximum atomic E-state index is 11.3. The molecule has 1 rings (SSSR count). The van der Waals surface area contributed by atoms with Gasteiger partial charge in [-0.05, 0) is 30.6 Å². The highest BCUT2D eigenvalue weighted by Gasteiger charge is 2.53. The summed E-state index contributed by atoms with van der Waals surface area (Å²) in [6.07, 6.45) is 2.85. The summed E-state index contributed by atoms with van der Waals surface area (Å²) in [5.41, 5.74) is -0.971. The van der Waals surface area contributed by atoms with E-state index in [1.165, 1.54) is 0 Å². The normalized spacial score (nSPS) is 34.9. The Morgan fingerprint density at radius 3 is 2.38 bits per heavy atom. The monoisotopic (exact) mass is 228 g/mol. The zero-order valence-electron chi connectivity index (χ0n) is 10.8. The van der Waals surface area contributed by atoms with E-state index in [1.54, 1.807) is 0 Å². The standard InChI is InChI=1S/C13H24O3/c1-5-6-10(11(14)15)13(16)8-12(3,4)7-9(13)2/h9-10,16H,5-8H2,1-4H3,(H,14,15). The van der Waals surface area contributed by atoms with Crippen LogP contribution in [0.15, 0.2) is 0 Å². The van der Waals surface area contributed by atoms with Crippen molar-refractivity contribution < 1.29 is 15.0 Å². The molecular weight excluding hydrogens is 204 g/mol. The number of carbonyl (C=O) groups is 1. The van der Waals surface area contributed by atoms with Gasteiger partial charge in [0, 0.05) is 0 Å². The van der Waals surface area contributed by atoms with E-state index in [2.05, 4.69) is 13.8 Å². The Bertz CT molecular complexity index is 272. The molecule has 1 aliphatic rings. The zero-order chi connectivity index (χ0) is 12.6. The molecule has 2 N–H and O–H groups in total. The van der Waals surface area contributed by atoms with Crippen LogP contribution in [0.4, 0.5) is 0 Å². The first kappa shape index (κ1) is 13.5. The number of carboxylic acid groups (broad SMARTS) is 1. The van der Waals surface area contributed by atoms with Gasteiger partial charge in [-0.1, -0.05) is 34.1 Å². The van der Waals surface area contributed by atoms with Gasteiger partial charge in [-0.25, -0.2) is 0 Å². The molecule has 0 aromatic carbocycles. The van der Waals surface area contributed by atoms with E-state index in [-0.39, 0.29) is 11.3 Å². The lowest BCUT2D eigenvalue weighted by Crippen LogP contribution is -2.45. The fraction of sp³-hybridized carbons (Fsp3) is 0.923. The smallest absolute Gasteiger partial charge is 0.309 e. The van der Waals surface area contributed by atoms with Crippen molar-refractivity contribution in [2.45, 2.75) is 59.0 Å². The van der Waals surface area contributed by atoms with Crippen LogP contribution in [0.25, 0.3) is 0 Å². The maximum absolute atomic E-state index is 11.3. The quantitative estimate of drug-likeness (QED) is 0.777. The van der Waals surface area contributed by atoms with Gasteiger partial charge < -0.3 is 10.2 Å². The molecule has 16 heavy (non-hydrogen) atoms. The largest absolute Gasteiger partial charge is 0.481 e. The predicted molar refractivity (Wildman–Crippen MR) is 63.2 cm³/mol. The maximum Gasteiger partial charge on any atom is 0.309 e. The van der Waals surface area contributed by atoms with Crippen molar-refractivity contribution in [3.05, 3.63) is 0 Å². The molecule has 0 aromatic heterocycles. The van der Waals surface area contributed by atoms with E-state index < -0.39 is 17.5 Å². The molecule has 0 aromatic rings. The van der Waals surface area contributed by atoms with Crippen LogP contribution in [0, 0.1) is 17.3 Å². The molecular formula is C13H24O3. The van der Waals surface area contributed by atoms with Crippen molar-refractivity contribution in [1.29, 1.82) is 0 Å². The second-order valence-electron chi connectivity index (χ2n) is 6.12. The van der Waals surface area contributed by atoms with Crippen molar-refractivity contribution in [3.63, 3.8) is 0 Å². The Kier molecular flexibility index (Phi) is 3.68. The highest BCUT2D eigenvalue weighted by molar-refractivity contribution is 5.71. The molecule has 1 aliphatic carbocycles. The van der Waals surface area contributed by atoms with Crippen molar-refractivity contribution in [3.8, 4) is 0 Å². The highest BCUT2D eigenvalue weighted by atomic mass is 16.4. The number of hydrogen-bond donors (Lipinski definition) is 2. The summed E-state index contributed by atoms with van der Waals surface area (Å²) < 4.78 is 0. The summed E-state index contributed by atoms with van der Waals surface area (Å²) in [5.74, 6) is -1.40. The fourth-order valence-corrected chi connectivity index (χ4v) is 3.36. The number of aliphatic carboxylic acids is 1. The van der Waals surface area contributed by atoms with Crippen LogP contribution >= 0.6 is 0 Å². The van der Waals surface area contributed by atoms with Crippen LogP contribution in [0.2, 0.25) is 0 Å². The van der Waals surface area contributed by atoms with Crippen LogP contribution in [-0.2, 0) is 4.79 Å². The summed E-state index contributed by atoms with van der Waals surface area (Å²) in [4.78, 5) is 11.3. The molecule has 3 atom stereocenters. The third-order valence-electron chi connectivity index (χ3n) is 3.95. The van der Waals surface area contributed by atoms with E-state index in [1.807, 2.05) is 13.8 Å². The molecule has 3 unspecified atom stereocenters. The first-order valence-electron chi connectivity index (χ1n) is 6.18. The Morgan fingerprint density at radius 2 is 2.06 bits per heavy atom. The van der Waals surface area contributed by atoms with Gasteiger partial charge in [0.2, 0.25) is 0 Å². The first-order valence-corrected chi connectivity index (χ1v) is 6.18. The SMILES string of the molecule is CCCC(C(=O)O)C1(O)CC(C)(C)CC1C. The lowest BCUT2D eigenvalue weighted by Gasteiger charge is -2.34. The van der Waals surface area contributed by atoms with E-state index >= 15 is 0 Å². The van der Waals surface area contributed by atoms with Crippen molar-refractivity contribution in [2.24, 2.45) is 17.3 Å². The van der Waals surface area contributed by atoms with Crippen LogP contribution in [0.5, 0.6) is 0 Å². The molecule has 0 amide bonds. The molecule has 0 spiro atoms. The minimum Gasteiger partial charge on any atom is -0.481 e. The molecule has 0 radical (unpaired) electrons. The van der Waals surface area contributed by atoms with E-state index in [0.717, 1.165) is 12.8 Å². The Morgan fingerprint density at radius 1 is 1.50 bits per heavy atom. The van der Waals surface area contributed by atoms with Gasteiger partial charge in [0.1, 0.15) is 0 Å². The number of aliphatic hydroxyl groups is 1. The second-order valence-corrected chi connectivity index (χ2v) is 6.12. The summed E-state index contributed by atoms with van der Waals surface area (Å²) in [5, 5.41) is 19.9.